The van der Waals surface area contributed by atoms with Crippen molar-refractivity contribution in [2.24, 2.45) is 23.7 Å². The number of carbonyl (C=O) groups is 2. The molecule has 2 heterocycles. The van der Waals surface area contributed by atoms with Gasteiger partial charge in [0.15, 0.2) is 0 Å². The zero-order valence-corrected chi connectivity index (χ0v) is 16.4. The lowest BCUT2D eigenvalue weighted by Gasteiger charge is -2.33. The first kappa shape index (κ1) is 17.2. The lowest BCUT2D eigenvalue weighted by molar-refractivity contribution is -0.133. The Morgan fingerprint density at radius 1 is 1.17 bits per heavy atom. The van der Waals surface area contributed by atoms with Crippen molar-refractivity contribution in [2.75, 3.05) is 6.54 Å². The minimum absolute atomic E-state index is 0.0586. The normalized spacial score (nSPS) is 32.0. The van der Waals surface area contributed by atoms with E-state index in [1.165, 1.54) is 0 Å². The number of likely N-dealkylation sites (tertiary alicyclic amines) is 1. The molecule has 3 aliphatic carbocycles. The maximum atomic E-state index is 13.1. The summed E-state index contributed by atoms with van der Waals surface area (Å²) in [6.45, 7) is 2.63. The SMILES string of the molecule is Cc1nnc(-c2cccc(C(=O)NC3C4CC5CN(C(=O)C6CC6)C3C5C4)c2)o1. The molecule has 2 amide bonds. The average Bonchev–Trinajstić information content (AvgIpc) is 3.07. The molecular weight excluding hydrogens is 368 g/mol. The third-order valence-electron chi connectivity index (χ3n) is 7.30. The lowest BCUT2D eigenvalue weighted by Crippen LogP contribution is -2.52. The second-order valence-corrected chi connectivity index (χ2v) is 9.12. The maximum absolute atomic E-state index is 13.1. The van der Waals surface area contributed by atoms with E-state index in [1.54, 1.807) is 19.1 Å². The van der Waals surface area contributed by atoms with E-state index in [0.29, 0.717) is 41.0 Å². The smallest absolute Gasteiger partial charge is 0.251 e. The molecule has 2 bridgehead atoms. The summed E-state index contributed by atoms with van der Waals surface area (Å²) in [5, 5.41) is 11.2. The van der Waals surface area contributed by atoms with Gasteiger partial charge in [-0.1, -0.05) is 6.07 Å². The molecular formula is C22H24N4O3. The Kier molecular flexibility index (Phi) is 3.64. The summed E-state index contributed by atoms with van der Waals surface area (Å²) in [6.07, 6.45) is 4.32. The number of rotatable bonds is 4. The molecule has 1 N–H and O–H groups in total. The monoisotopic (exact) mass is 392 g/mol. The summed E-state index contributed by atoms with van der Waals surface area (Å²) in [4.78, 5) is 28.0. The second-order valence-electron chi connectivity index (χ2n) is 9.12. The van der Waals surface area contributed by atoms with Gasteiger partial charge in [0.1, 0.15) is 0 Å². The summed E-state index contributed by atoms with van der Waals surface area (Å²) >= 11 is 0. The van der Waals surface area contributed by atoms with E-state index >= 15 is 0 Å². The van der Waals surface area contributed by atoms with Crippen LogP contribution in [0.15, 0.2) is 28.7 Å². The molecule has 1 aromatic carbocycles. The van der Waals surface area contributed by atoms with E-state index in [1.807, 2.05) is 12.1 Å². The first-order valence-electron chi connectivity index (χ1n) is 10.6. The molecule has 4 aliphatic rings. The highest BCUT2D eigenvalue weighted by molar-refractivity contribution is 5.95. The van der Waals surface area contributed by atoms with Gasteiger partial charge < -0.3 is 14.6 Å². The third-order valence-corrected chi connectivity index (χ3v) is 7.30. The zero-order valence-electron chi connectivity index (χ0n) is 16.4. The highest BCUT2D eigenvalue weighted by Gasteiger charge is 2.61. The standard InChI is InChI=1S/C22H24N4O3/c1-11-24-25-21(29-11)14-4-2-3-13(7-14)20(27)23-18-15-8-16-10-26(19(18)17(16)9-15)22(28)12-5-6-12/h2-4,7,12,15-19H,5-6,8-10H2,1H3,(H,23,27). The van der Waals surface area contributed by atoms with Crippen LogP contribution in [-0.4, -0.2) is 45.5 Å². The quantitative estimate of drug-likeness (QED) is 0.863. The van der Waals surface area contributed by atoms with Crippen molar-refractivity contribution in [1.82, 2.24) is 20.4 Å². The van der Waals surface area contributed by atoms with E-state index in [0.717, 1.165) is 37.8 Å². The number of aryl methyl sites for hydroxylation is 1. The Labute approximate surface area is 168 Å². The molecule has 5 unspecified atom stereocenters. The van der Waals surface area contributed by atoms with E-state index in [9.17, 15) is 9.59 Å². The van der Waals surface area contributed by atoms with Gasteiger partial charge in [-0.25, -0.2) is 0 Å². The molecule has 2 aromatic rings. The van der Waals surface area contributed by atoms with Gasteiger partial charge in [-0.15, -0.1) is 10.2 Å². The number of amides is 2. The van der Waals surface area contributed by atoms with Gasteiger partial charge in [-0.05, 0) is 61.6 Å². The van der Waals surface area contributed by atoms with Crippen LogP contribution in [0.3, 0.4) is 0 Å². The predicted octanol–water partition coefficient (Wildman–Crippen LogP) is 2.42. The highest BCUT2D eigenvalue weighted by atomic mass is 16.4. The number of hydrogen-bond donors (Lipinski definition) is 1. The fraction of sp³-hybridized carbons (Fsp3) is 0.545. The number of nitrogens with one attached hydrogen (secondary N) is 1. The van der Waals surface area contributed by atoms with Crippen LogP contribution in [0.1, 0.15) is 41.9 Å². The molecule has 150 valence electrons. The molecule has 0 radical (unpaired) electrons. The zero-order chi connectivity index (χ0) is 19.7. The lowest BCUT2D eigenvalue weighted by atomic mass is 9.86. The van der Waals surface area contributed by atoms with Crippen LogP contribution in [0.25, 0.3) is 11.5 Å². The van der Waals surface area contributed by atoms with E-state index in [2.05, 4.69) is 20.4 Å². The molecule has 6 rings (SSSR count). The van der Waals surface area contributed by atoms with Gasteiger partial charge in [-0.3, -0.25) is 9.59 Å². The Hall–Kier alpha value is -2.70. The summed E-state index contributed by atoms with van der Waals surface area (Å²) in [6, 6.07) is 7.53. The third kappa shape index (κ3) is 2.70. The van der Waals surface area contributed by atoms with E-state index in [-0.39, 0.29) is 23.9 Å². The van der Waals surface area contributed by atoms with Gasteiger partial charge in [-0.2, -0.15) is 0 Å². The van der Waals surface area contributed by atoms with Crippen LogP contribution in [-0.2, 0) is 4.79 Å². The van der Waals surface area contributed by atoms with Gasteiger partial charge in [0, 0.05) is 30.5 Å². The van der Waals surface area contributed by atoms with Crippen molar-refractivity contribution in [3.8, 4) is 11.5 Å². The van der Waals surface area contributed by atoms with Crippen molar-refractivity contribution in [3.05, 3.63) is 35.7 Å². The Bertz CT molecular complexity index is 995. The minimum Gasteiger partial charge on any atom is -0.421 e. The van der Waals surface area contributed by atoms with Crippen molar-refractivity contribution < 1.29 is 14.0 Å². The number of aromatic nitrogens is 2. The Balaban J connectivity index is 1.23. The fourth-order valence-electron chi connectivity index (χ4n) is 5.91. The first-order chi connectivity index (χ1) is 14.1. The molecule has 7 heteroatoms. The molecule has 5 atom stereocenters. The Morgan fingerprint density at radius 3 is 2.79 bits per heavy atom. The van der Waals surface area contributed by atoms with Crippen molar-refractivity contribution in [3.63, 3.8) is 0 Å². The van der Waals surface area contributed by atoms with Crippen LogP contribution in [0.5, 0.6) is 0 Å². The molecule has 1 saturated heterocycles. The average molecular weight is 392 g/mol. The van der Waals surface area contributed by atoms with Gasteiger partial charge in [0.25, 0.3) is 5.91 Å². The molecule has 29 heavy (non-hydrogen) atoms. The number of nitrogens with zero attached hydrogens (tertiary/aromatic N) is 3. The van der Waals surface area contributed by atoms with E-state index < -0.39 is 0 Å². The summed E-state index contributed by atoms with van der Waals surface area (Å²) < 4.78 is 5.49. The van der Waals surface area contributed by atoms with Crippen LogP contribution in [0.4, 0.5) is 0 Å². The maximum Gasteiger partial charge on any atom is 0.251 e. The molecule has 7 nitrogen and oxygen atoms in total. The minimum atomic E-state index is -0.0945. The van der Waals surface area contributed by atoms with Crippen molar-refractivity contribution in [2.45, 2.75) is 44.7 Å². The molecule has 1 aliphatic heterocycles. The fourth-order valence-corrected chi connectivity index (χ4v) is 5.91. The Morgan fingerprint density at radius 2 is 2.03 bits per heavy atom. The van der Waals surface area contributed by atoms with Crippen molar-refractivity contribution in [1.29, 1.82) is 0 Å². The topological polar surface area (TPSA) is 88.3 Å². The first-order valence-corrected chi connectivity index (χ1v) is 10.6. The van der Waals surface area contributed by atoms with E-state index in [4.69, 9.17) is 4.42 Å². The number of hydrogen-bond acceptors (Lipinski definition) is 5. The van der Waals surface area contributed by atoms with Crippen LogP contribution < -0.4 is 5.32 Å². The largest absolute Gasteiger partial charge is 0.421 e. The van der Waals surface area contributed by atoms with Gasteiger partial charge in [0.2, 0.25) is 17.7 Å². The number of benzene rings is 1. The highest BCUT2D eigenvalue weighted by Crippen LogP contribution is 2.55. The molecule has 1 aromatic heterocycles. The summed E-state index contributed by atoms with van der Waals surface area (Å²) in [5.74, 6) is 3.03. The van der Waals surface area contributed by atoms with Gasteiger partial charge in [0.05, 0.1) is 12.1 Å². The summed E-state index contributed by atoms with van der Waals surface area (Å²) in [7, 11) is 0. The second kappa shape index (κ2) is 6.15. The summed E-state index contributed by atoms with van der Waals surface area (Å²) in [5.41, 5.74) is 1.31. The van der Waals surface area contributed by atoms with Gasteiger partial charge >= 0.3 is 0 Å². The molecule has 0 spiro atoms. The van der Waals surface area contributed by atoms with Crippen LogP contribution in [0.2, 0.25) is 0 Å². The van der Waals surface area contributed by atoms with Crippen molar-refractivity contribution >= 4 is 11.8 Å². The molecule has 3 saturated carbocycles. The number of fused-ring (bicyclic) bond motifs is 1. The van der Waals surface area contributed by atoms with Crippen LogP contribution in [0, 0.1) is 30.6 Å². The number of carbonyl (C=O) groups excluding carboxylic acids is 2. The molecule has 4 fully saturated rings. The predicted molar refractivity (Wildman–Crippen MR) is 104 cm³/mol. The van der Waals surface area contributed by atoms with Crippen LogP contribution >= 0.6 is 0 Å².